The first kappa shape index (κ1) is 19.5. The molecule has 2 aromatic rings. The predicted molar refractivity (Wildman–Crippen MR) is 106 cm³/mol. The van der Waals surface area contributed by atoms with Gasteiger partial charge in [-0.15, -0.1) is 0 Å². The van der Waals surface area contributed by atoms with Crippen LogP contribution < -0.4 is 5.32 Å². The number of halogens is 1. The van der Waals surface area contributed by atoms with Gasteiger partial charge in [-0.25, -0.2) is 4.39 Å². The molecule has 1 atom stereocenters. The number of likely N-dealkylation sites (tertiary alicyclic amines) is 1. The summed E-state index contributed by atoms with van der Waals surface area (Å²) < 4.78 is 13.2. The van der Waals surface area contributed by atoms with E-state index in [1.807, 2.05) is 21.7 Å². The Morgan fingerprint density at radius 2 is 2.19 bits per heavy atom. The predicted octanol–water partition coefficient (Wildman–Crippen LogP) is 4.40. The number of amides is 2. The average Bonchev–Trinajstić information content (AvgIpc) is 3.15. The summed E-state index contributed by atoms with van der Waals surface area (Å²) in [7, 11) is 0. The minimum Gasteiger partial charge on any atom is -0.342 e. The molecule has 2 amide bonds. The maximum absolute atomic E-state index is 13.2. The Hall–Kier alpha value is -2.21. The summed E-state index contributed by atoms with van der Waals surface area (Å²) in [6, 6.07) is 6.34. The fourth-order valence-corrected chi connectivity index (χ4v) is 4.19. The third kappa shape index (κ3) is 5.63. The molecule has 4 nitrogen and oxygen atoms in total. The molecule has 1 aromatic carbocycles. The minimum absolute atomic E-state index is 0.0635. The number of rotatable bonds is 6. The second kappa shape index (κ2) is 9.13. The summed E-state index contributed by atoms with van der Waals surface area (Å²) in [5, 5.41) is 6.86. The second-order valence-electron chi connectivity index (χ2n) is 7.20. The molecule has 0 radical (unpaired) electrons. The Labute approximate surface area is 163 Å². The fourth-order valence-electron chi connectivity index (χ4n) is 3.52. The highest BCUT2D eigenvalue weighted by atomic mass is 32.1. The Morgan fingerprint density at radius 1 is 1.33 bits per heavy atom. The third-order valence-electron chi connectivity index (χ3n) is 5.05. The second-order valence-corrected chi connectivity index (χ2v) is 7.98. The van der Waals surface area contributed by atoms with E-state index in [1.54, 1.807) is 24.3 Å². The molecular formula is C21H25FN2O2S. The van der Waals surface area contributed by atoms with Crippen molar-refractivity contribution in [3.05, 3.63) is 52.0 Å². The Morgan fingerprint density at radius 3 is 2.93 bits per heavy atom. The van der Waals surface area contributed by atoms with Gasteiger partial charge in [0.25, 0.3) is 0 Å². The molecule has 144 valence electrons. The Bertz CT molecular complexity index is 791. The molecule has 1 aromatic heterocycles. The molecule has 1 unspecified atom stereocenters. The van der Waals surface area contributed by atoms with Crippen molar-refractivity contribution in [1.82, 2.24) is 4.90 Å². The van der Waals surface area contributed by atoms with Crippen LogP contribution >= 0.6 is 11.3 Å². The number of hydrogen-bond acceptors (Lipinski definition) is 3. The van der Waals surface area contributed by atoms with Crippen LogP contribution in [0.5, 0.6) is 0 Å². The van der Waals surface area contributed by atoms with E-state index < -0.39 is 0 Å². The van der Waals surface area contributed by atoms with Crippen molar-refractivity contribution < 1.29 is 14.0 Å². The molecule has 1 fully saturated rings. The van der Waals surface area contributed by atoms with E-state index in [0.29, 0.717) is 30.0 Å². The largest absolute Gasteiger partial charge is 0.342 e. The molecule has 0 bridgehead atoms. The van der Waals surface area contributed by atoms with Gasteiger partial charge in [-0.1, -0.05) is 0 Å². The van der Waals surface area contributed by atoms with Crippen molar-refractivity contribution >= 4 is 28.8 Å². The van der Waals surface area contributed by atoms with Gasteiger partial charge in [0, 0.05) is 25.2 Å². The van der Waals surface area contributed by atoms with Crippen LogP contribution in [0, 0.1) is 18.7 Å². The van der Waals surface area contributed by atoms with Gasteiger partial charge in [0.1, 0.15) is 5.82 Å². The summed E-state index contributed by atoms with van der Waals surface area (Å²) in [6.45, 7) is 3.31. The van der Waals surface area contributed by atoms with E-state index >= 15 is 0 Å². The monoisotopic (exact) mass is 388 g/mol. The van der Waals surface area contributed by atoms with E-state index in [1.165, 1.54) is 12.1 Å². The first-order valence-corrected chi connectivity index (χ1v) is 10.3. The van der Waals surface area contributed by atoms with E-state index in [9.17, 15) is 14.0 Å². The standard InChI is InChI=1S/C21H25FN2O2S/c1-15-11-18(22)5-6-19(15)23-20(25)7-4-16-3-2-9-24(13-16)21(26)12-17-8-10-27-14-17/h5-6,8,10-11,14,16H,2-4,7,9,12-13H2,1H3,(H,23,25). The molecule has 1 aliphatic heterocycles. The summed E-state index contributed by atoms with van der Waals surface area (Å²) in [4.78, 5) is 26.6. The number of piperidine rings is 1. The molecule has 1 N–H and O–H groups in total. The van der Waals surface area contributed by atoms with Crippen LogP contribution in [0.3, 0.4) is 0 Å². The molecular weight excluding hydrogens is 363 g/mol. The first-order valence-electron chi connectivity index (χ1n) is 9.36. The van der Waals surface area contributed by atoms with Crippen molar-refractivity contribution in [1.29, 1.82) is 0 Å². The molecule has 6 heteroatoms. The molecule has 3 rings (SSSR count). The Balaban J connectivity index is 1.46. The number of thiophene rings is 1. The van der Waals surface area contributed by atoms with Gasteiger partial charge in [0.15, 0.2) is 0 Å². The van der Waals surface area contributed by atoms with E-state index in [-0.39, 0.29) is 17.6 Å². The van der Waals surface area contributed by atoms with Crippen LogP contribution in [0.1, 0.15) is 36.8 Å². The van der Waals surface area contributed by atoms with Gasteiger partial charge in [0.2, 0.25) is 11.8 Å². The van der Waals surface area contributed by atoms with Crippen LogP contribution in [0.2, 0.25) is 0 Å². The van der Waals surface area contributed by atoms with Gasteiger partial charge in [0.05, 0.1) is 6.42 Å². The lowest BCUT2D eigenvalue weighted by Crippen LogP contribution is -2.40. The SMILES string of the molecule is Cc1cc(F)ccc1NC(=O)CCC1CCCN(C(=O)Cc2ccsc2)C1. The lowest BCUT2D eigenvalue weighted by molar-refractivity contribution is -0.132. The molecule has 0 saturated carbocycles. The van der Waals surface area contributed by atoms with Gasteiger partial charge in [-0.05, 0) is 78.3 Å². The number of carbonyl (C=O) groups excluding carboxylic acids is 2. The molecule has 0 aliphatic carbocycles. The van der Waals surface area contributed by atoms with Crippen LogP contribution in [0.25, 0.3) is 0 Å². The number of anilines is 1. The normalized spacial score (nSPS) is 17.0. The fraction of sp³-hybridized carbons (Fsp3) is 0.429. The van der Waals surface area contributed by atoms with Crippen molar-refractivity contribution in [2.24, 2.45) is 5.92 Å². The molecule has 0 spiro atoms. The van der Waals surface area contributed by atoms with Gasteiger partial charge in [-0.2, -0.15) is 11.3 Å². The molecule has 1 aliphatic rings. The average molecular weight is 389 g/mol. The molecule has 27 heavy (non-hydrogen) atoms. The summed E-state index contributed by atoms with van der Waals surface area (Å²) in [5.41, 5.74) is 2.44. The van der Waals surface area contributed by atoms with Crippen LogP contribution in [-0.2, 0) is 16.0 Å². The maximum Gasteiger partial charge on any atom is 0.227 e. The number of nitrogens with zero attached hydrogens (tertiary/aromatic N) is 1. The molecule has 2 heterocycles. The lowest BCUT2D eigenvalue weighted by Gasteiger charge is -2.32. The van der Waals surface area contributed by atoms with Crippen molar-refractivity contribution in [3.63, 3.8) is 0 Å². The summed E-state index contributed by atoms with van der Waals surface area (Å²) in [6.07, 6.45) is 3.66. The van der Waals surface area contributed by atoms with E-state index in [0.717, 1.165) is 37.9 Å². The number of hydrogen-bond donors (Lipinski definition) is 1. The topological polar surface area (TPSA) is 49.4 Å². The summed E-state index contributed by atoms with van der Waals surface area (Å²) in [5.74, 6) is 0.154. The minimum atomic E-state index is -0.306. The van der Waals surface area contributed by atoms with Crippen LogP contribution in [-0.4, -0.2) is 29.8 Å². The third-order valence-corrected chi connectivity index (χ3v) is 5.78. The zero-order valence-electron chi connectivity index (χ0n) is 15.5. The highest BCUT2D eigenvalue weighted by Crippen LogP contribution is 2.23. The van der Waals surface area contributed by atoms with Crippen molar-refractivity contribution in [3.8, 4) is 0 Å². The first-order chi connectivity index (χ1) is 13.0. The number of nitrogens with one attached hydrogen (secondary N) is 1. The van der Waals surface area contributed by atoms with Crippen molar-refractivity contribution in [2.45, 2.75) is 39.0 Å². The van der Waals surface area contributed by atoms with Gasteiger partial charge >= 0.3 is 0 Å². The quantitative estimate of drug-likeness (QED) is 0.798. The highest BCUT2D eigenvalue weighted by Gasteiger charge is 2.24. The smallest absolute Gasteiger partial charge is 0.227 e. The van der Waals surface area contributed by atoms with E-state index in [2.05, 4.69) is 5.32 Å². The highest BCUT2D eigenvalue weighted by molar-refractivity contribution is 7.08. The van der Waals surface area contributed by atoms with E-state index in [4.69, 9.17) is 0 Å². The van der Waals surface area contributed by atoms with Crippen molar-refractivity contribution in [2.75, 3.05) is 18.4 Å². The lowest BCUT2D eigenvalue weighted by atomic mass is 9.93. The number of carbonyl (C=O) groups is 2. The van der Waals surface area contributed by atoms with Gasteiger partial charge < -0.3 is 10.2 Å². The zero-order valence-corrected chi connectivity index (χ0v) is 16.4. The van der Waals surface area contributed by atoms with Crippen LogP contribution in [0.4, 0.5) is 10.1 Å². The van der Waals surface area contributed by atoms with Gasteiger partial charge in [-0.3, -0.25) is 9.59 Å². The number of aryl methyl sites for hydroxylation is 1. The summed E-state index contributed by atoms with van der Waals surface area (Å²) >= 11 is 1.61. The number of benzene rings is 1. The maximum atomic E-state index is 13.2. The Kier molecular flexibility index (Phi) is 6.61. The molecule has 1 saturated heterocycles. The van der Waals surface area contributed by atoms with Crippen LogP contribution in [0.15, 0.2) is 35.0 Å². The zero-order chi connectivity index (χ0) is 19.2.